The van der Waals surface area contributed by atoms with Crippen LogP contribution in [-0.2, 0) is 4.79 Å². The van der Waals surface area contributed by atoms with Crippen molar-refractivity contribution in [1.82, 2.24) is 4.90 Å². The molecule has 1 aromatic carbocycles. The molecule has 1 amide bonds. The molecule has 1 heterocycles. The highest BCUT2D eigenvalue weighted by Gasteiger charge is 2.32. The molecule has 1 saturated heterocycles. The van der Waals surface area contributed by atoms with Gasteiger partial charge in [0, 0.05) is 24.3 Å². The molecule has 1 fully saturated rings. The zero-order chi connectivity index (χ0) is 21.6. The van der Waals surface area contributed by atoms with Crippen LogP contribution in [-0.4, -0.2) is 37.3 Å². The topological polar surface area (TPSA) is 38.8 Å². The maximum atomic E-state index is 12.9. The summed E-state index contributed by atoms with van der Waals surface area (Å²) in [6.45, 7) is 3.08. The van der Waals surface area contributed by atoms with Gasteiger partial charge in [-0.15, -0.1) is 11.8 Å². The highest BCUT2D eigenvalue weighted by molar-refractivity contribution is 7.99. The van der Waals surface area contributed by atoms with Gasteiger partial charge in [0.1, 0.15) is 16.9 Å². The molecule has 0 spiro atoms. The predicted molar refractivity (Wildman–Crippen MR) is 128 cm³/mol. The fourth-order valence-electron chi connectivity index (χ4n) is 4.10. The van der Waals surface area contributed by atoms with Crippen molar-refractivity contribution in [2.24, 2.45) is 0 Å². The van der Waals surface area contributed by atoms with Crippen LogP contribution in [0.1, 0.15) is 94.9 Å². The van der Waals surface area contributed by atoms with Crippen LogP contribution >= 0.6 is 11.8 Å². The van der Waals surface area contributed by atoms with Crippen molar-refractivity contribution >= 4 is 17.7 Å². The van der Waals surface area contributed by atoms with E-state index in [0.29, 0.717) is 6.42 Å². The Morgan fingerprint density at radius 1 is 0.967 bits per heavy atom. The summed E-state index contributed by atoms with van der Waals surface area (Å²) in [4.78, 5) is 14.9. The van der Waals surface area contributed by atoms with E-state index in [1.165, 1.54) is 57.8 Å². The van der Waals surface area contributed by atoms with Crippen LogP contribution in [0.25, 0.3) is 0 Å². The van der Waals surface area contributed by atoms with Gasteiger partial charge in [-0.1, -0.05) is 71.1 Å². The molecule has 4 nitrogen and oxygen atoms in total. The fraction of sp³-hybridized carbons (Fsp3) is 0.720. The second-order valence-electron chi connectivity index (χ2n) is 8.20. The van der Waals surface area contributed by atoms with Crippen molar-refractivity contribution in [3.63, 3.8) is 0 Å². The molecular weight excluding hydrogens is 394 g/mol. The fourth-order valence-corrected chi connectivity index (χ4v) is 5.39. The summed E-state index contributed by atoms with van der Waals surface area (Å²) in [6.07, 6.45) is 15.0. The van der Waals surface area contributed by atoms with Crippen molar-refractivity contribution in [2.75, 3.05) is 26.5 Å². The van der Waals surface area contributed by atoms with Crippen molar-refractivity contribution in [2.45, 2.75) is 89.3 Å². The summed E-state index contributed by atoms with van der Waals surface area (Å²) in [5.74, 6) is 2.86. The molecular formula is C25H41NO3S. The number of ether oxygens (including phenoxy) is 2. The zero-order valence-corrected chi connectivity index (χ0v) is 20.1. The van der Waals surface area contributed by atoms with Gasteiger partial charge in [0.15, 0.2) is 0 Å². The Morgan fingerprint density at radius 2 is 1.60 bits per heavy atom. The van der Waals surface area contributed by atoms with Gasteiger partial charge in [-0.2, -0.15) is 0 Å². The number of hydrogen-bond acceptors (Lipinski definition) is 4. The van der Waals surface area contributed by atoms with E-state index in [1.54, 1.807) is 14.2 Å². The van der Waals surface area contributed by atoms with E-state index < -0.39 is 0 Å². The third-order valence-corrected chi connectivity index (χ3v) is 7.15. The van der Waals surface area contributed by atoms with Crippen molar-refractivity contribution in [1.29, 1.82) is 0 Å². The van der Waals surface area contributed by atoms with Gasteiger partial charge in [0.25, 0.3) is 0 Å². The number of rotatable bonds is 15. The van der Waals surface area contributed by atoms with E-state index in [2.05, 4.69) is 6.92 Å². The Hall–Kier alpha value is -1.36. The monoisotopic (exact) mass is 435 g/mol. The summed E-state index contributed by atoms with van der Waals surface area (Å²) in [6, 6.07) is 5.84. The average Bonchev–Trinajstić information content (AvgIpc) is 3.26. The average molecular weight is 436 g/mol. The molecule has 2 rings (SSSR count). The van der Waals surface area contributed by atoms with E-state index in [0.717, 1.165) is 42.2 Å². The Balaban J connectivity index is 1.69. The molecule has 0 aromatic heterocycles. The first kappa shape index (κ1) is 24.9. The minimum atomic E-state index is 0.0234. The van der Waals surface area contributed by atoms with Gasteiger partial charge < -0.3 is 14.4 Å². The van der Waals surface area contributed by atoms with E-state index in [4.69, 9.17) is 9.47 Å². The number of hydrogen-bond donors (Lipinski definition) is 0. The minimum absolute atomic E-state index is 0.0234. The summed E-state index contributed by atoms with van der Waals surface area (Å²) in [7, 11) is 3.35. The zero-order valence-electron chi connectivity index (χ0n) is 19.3. The Labute approximate surface area is 188 Å². The molecule has 1 atom stereocenters. The second kappa shape index (κ2) is 14.6. The SMILES string of the molecule is CCCCCCCCCCCCCC(=O)N1CCS[C@@H]1c1cc(OC)ccc1OC. The predicted octanol–water partition coefficient (Wildman–Crippen LogP) is 6.98. The van der Waals surface area contributed by atoms with Gasteiger partial charge in [-0.05, 0) is 24.6 Å². The molecule has 0 saturated carbocycles. The van der Waals surface area contributed by atoms with Crippen molar-refractivity contribution < 1.29 is 14.3 Å². The van der Waals surface area contributed by atoms with E-state index in [-0.39, 0.29) is 11.3 Å². The smallest absolute Gasteiger partial charge is 0.223 e. The molecule has 0 aliphatic carbocycles. The van der Waals surface area contributed by atoms with E-state index in [9.17, 15) is 4.79 Å². The Morgan fingerprint density at radius 3 is 2.20 bits per heavy atom. The molecule has 1 aromatic rings. The lowest BCUT2D eigenvalue weighted by molar-refractivity contribution is -0.131. The first-order valence-electron chi connectivity index (χ1n) is 11.8. The lowest BCUT2D eigenvalue weighted by Gasteiger charge is -2.26. The molecule has 0 bridgehead atoms. The summed E-state index contributed by atoms with van der Waals surface area (Å²) < 4.78 is 10.9. The lowest BCUT2D eigenvalue weighted by atomic mass is 10.0. The minimum Gasteiger partial charge on any atom is -0.497 e. The van der Waals surface area contributed by atoms with E-state index in [1.807, 2.05) is 34.9 Å². The Bertz CT molecular complexity index is 622. The van der Waals surface area contributed by atoms with Gasteiger partial charge in [0.2, 0.25) is 5.91 Å². The number of benzene rings is 1. The van der Waals surface area contributed by atoms with Crippen LogP contribution in [0.15, 0.2) is 18.2 Å². The lowest BCUT2D eigenvalue weighted by Crippen LogP contribution is -2.30. The van der Waals surface area contributed by atoms with Crippen molar-refractivity contribution in [3.8, 4) is 11.5 Å². The summed E-state index contributed by atoms with van der Waals surface area (Å²) in [5.41, 5.74) is 1.03. The largest absolute Gasteiger partial charge is 0.497 e. The number of methoxy groups -OCH3 is 2. The van der Waals surface area contributed by atoms with Crippen LogP contribution in [0.4, 0.5) is 0 Å². The maximum Gasteiger partial charge on any atom is 0.223 e. The highest BCUT2D eigenvalue weighted by Crippen LogP contribution is 2.43. The van der Waals surface area contributed by atoms with Crippen LogP contribution in [0, 0.1) is 0 Å². The Kier molecular flexibility index (Phi) is 12.1. The number of carbonyl (C=O) groups is 1. The van der Waals surface area contributed by atoms with Crippen LogP contribution in [0.2, 0.25) is 0 Å². The standard InChI is InChI=1S/C25H41NO3S/c1-4-5-6-7-8-9-10-11-12-13-14-15-24(27)26-18-19-30-25(26)22-20-21(28-2)16-17-23(22)29-3/h16-17,20,25H,4-15,18-19H2,1-3H3/t25-/m1/s1. The highest BCUT2D eigenvalue weighted by atomic mass is 32.2. The molecule has 0 radical (unpaired) electrons. The van der Waals surface area contributed by atoms with Crippen molar-refractivity contribution in [3.05, 3.63) is 23.8 Å². The van der Waals surface area contributed by atoms with Gasteiger partial charge in [-0.3, -0.25) is 4.79 Å². The number of thioether (sulfide) groups is 1. The maximum absolute atomic E-state index is 12.9. The number of unbranched alkanes of at least 4 members (excludes halogenated alkanes) is 10. The van der Waals surface area contributed by atoms with E-state index >= 15 is 0 Å². The third-order valence-electron chi connectivity index (χ3n) is 5.91. The molecule has 5 heteroatoms. The first-order valence-corrected chi connectivity index (χ1v) is 12.9. The molecule has 1 aliphatic heterocycles. The molecule has 170 valence electrons. The molecule has 0 N–H and O–H groups in total. The van der Waals surface area contributed by atoms with Gasteiger partial charge in [0.05, 0.1) is 14.2 Å². The normalized spacial score (nSPS) is 16.1. The third kappa shape index (κ3) is 8.05. The summed E-state index contributed by atoms with van der Waals surface area (Å²) in [5, 5.41) is 0.0234. The molecule has 30 heavy (non-hydrogen) atoms. The van der Waals surface area contributed by atoms with Gasteiger partial charge in [-0.25, -0.2) is 0 Å². The first-order chi connectivity index (χ1) is 14.7. The van der Waals surface area contributed by atoms with Gasteiger partial charge >= 0.3 is 0 Å². The quantitative estimate of drug-likeness (QED) is 0.279. The summed E-state index contributed by atoms with van der Waals surface area (Å²) >= 11 is 1.81. The number of carbonyl (C=O) groups excluding carboxylic acids is 1. The molecule has 0 unspecified atom stereocenters. The number of nitrogens with zero attached hydrogens (tertiary/aromatic N) is 1. The van der Waals surface area contributed by atoms with Crippen LogP contribution < -0.4 is 9.47 Å². The molecule has 1 aliphatic rings. The van der Waals surface area contributed by atoms with Crippen LogP contribution in [0.5, 0.6) is 11.5 Å². The second-order valence-corrected chi connectivity index (χ2v) is 9.39. The van der Waals surface area contributed by atoms with Crippen LogP contribution in [0.3, 0.4) is 0 Å². The number of amides is 1.